The van der Waals surface area contributed by atoms with E-state index in [1.54, 1.807) is 103 Å². The normalized spacial score (nSPS) is 13.9. The number of benzene rings is 6. The monoisotopic (exact) mass is 2060 g/mol. The lowest BCUT2D eigenvalue weighted by Crippen LogP contribution is -2.36. The fraction of sp³-hybridized carbons (Fsp3) is 0.247. The van der Waals surface area contributed by atoms with Crippen molar-refractivity contribution in [2.24, 2.45) is 5.41 Å². The van der Waals surface area contributed by atoms with Gasteiger partial charge in [0.2, 0.25) is 24.2 Å². The second kappa shape index (κ2) is 39.2. The summed E-state index contributed by atoms with van der Waals surface area (Å²) in [6.07, 6.45) is 7.47. The van der Waals surface area contributed by atoms with Crippen LogP contribution in [0.25, 0.3) is 85.8 Å². The number of halogens is 10. The van der Waals surface area contributed by atoms with Crippen molar-refractivity contribution in [1.29, 1.82) is 10.5 Å². The lowest BCUT2D eigenvalue weighted by atomic mass is 9.97. The number of nitrogens with zero attached hydrogens (tertiary/aromatic N) is 14. The molecule has 0 aliphatic heterocycles. The van der Waals surface area contributed by atoms with Crippen molar-refractivity contribution in [3.8, 4) is 102 Å². The quantitative estimate of drug-likeness (QED) is 0.0236. The Morgan fingerprint density at radius 3 is 1.20 bits per heavy atom. The Hall–Kier alpha value is -10.1. The number of carbonyl (C=O) groups is 4. The molecule has 0 spiro atoms. The van der Waals surface area contributed by atoms with Gasteiger partial charge in [-0.15, -0.1) is 22.7 Å². The number of nitrogens with one attached hydrogen (secondary N) is 1. The molecule has 4 aliphatic rings. The third kappa shape index (κ3) is 21.0. The van der Waals surface area contributed by atoms with Gasteiger partial charge >= 0.3 is 0 Å². The average Bonchev–Trinajstić information content (AvgIpc) is 1.61. The molecular formula is C93H67Cl8I2N15O4S2. The number of hydrogen-bond donors (Lipinski definition) is 1. The zero-order valence-corrected chi connectivity index (χ0v) is 78.4. The van der Waals surface area contributed by atoms with Crippen molar-refractivity contribution in [3.05, 3.63) is 293 Å². The van der Waals surface area contributed by atoms with E-state index in [2.05, 4.69) is 126 Å². The summed E-state index contributed by atoms with van der Waals surface area (Å²) >= 11 is 57.8. The minimum absolute atomic E-state index is 0.0951. The summed E-state index contributed by atoms with van der Waals surface area (Å²) < 4.78 is 8.99. The van der Waals surface area contributed by atoms with Crippen molar-refractivity contribution in [2.75, 3.05) is 13.1 Å². The Morgan fingerprint density at radius 1 is 0.452 bits per heavy atom. The third-order valence-corrected chi connectivity index (χ3v) is 26.9. The van der Waals surface area contributed by atoms with Gasteiger partial charge in [0, 0.05) is 94.7 Å². The molecule has 620 valence electrons. The van der Waals surface area contributed by atoms with E-state index in [0.717, 1.165) is 110 Å². The van der Waals surface area contributed by atoms with Gasteiger partial charge in [0.05, 0.1) is 126 Å². The van der Waals surface area contributed by atoms with Gasteiger partial charge < -0.3 is 24.7 Å². The van der Waals surface area contributed by atoms with Gasteiger partial charge in [0.1, 0.15) is 22.6 Å². The van der Waals surface area contributed by atoms with Gasteiger partial charge in [-0.2, -0.15) is 30.9 Å². The van der Waals surface area contributed by atoms with Crippen LogP contribution in [0.1, 0.15) is 158 Å². The molecule has 0 radical (unpaired) electrons. The Balaban J connectivity index is 0.000000142. The second-order valence-corrected chi connectivity index (χ2v) is 38.7. The highest BCUT2D eigenvalue weighted by molar-refractivity contribution is 14.1. The predicted molar refractivity (Wildman–Crippen MR) is 508 cm³/mol. The predicted octanol–water partition coefficient (Wildman–Crippen LogP) is 26.0. The molecule has 0 atom stereocenters. The zero-order chi connectivity index (χ0) is 88.7. The number of aromatic nitrogens is 8. The summed E-state index contributed by atoms with van der Waals surface area (Å²) in [4.78, 5) is 68.9. The molecule has 1 amide bonds. The van der Waals surface area contributed by atoms with Gasteiger partial charge in [-0.25, -0.2) is 45.0 Å². The van der Waals surface area contributed by atoms with Crippen LogP contribution in [0.15, 0.2) is 146 Å². The fourth-order valence-corrected chi connectivity index (χ4v) is 18.6. The molecule has 12 aromatic rings. The Kier molecular flexibility index (Phi) is 28.9. The molecule has 0 bridgehead atoms. The van der Waals surface area contributed by atoms with Crippen molar-refractivity contribution in [3.63, 3.8) is 0 Å². The van der Waals surface area contributed by atoms with Gasteiger partial charge in [-0.3, -0.25) is 19.2 Å². The summed E-state index contributed by atoms with van der Waals surface area (Å²) in [6, 6.07) is 48.6. The van der Waals surface area contributed by atoms with Crippen LogP contribution in [0.2, 0.25) is 40.2 Å². The van der Waals surface area contributed by atoms with Crippen molar-refractivity contribution < 1.29 is 19.2 Å². The summed E-state index contributed by atoms with van der Waals surface area (Å²) in [7, 11) is 0. The van der Waals surface area contributed by atoms with Crippen LogP contribution in [0.3, 0.4) is 0 Å². The summed E-state index contributed by atoms with van der Waals surface area (Å²) in [5.74, 6) is 11.4. The van der Waals surface area contributed by atoms with E-state index in [1.807, 2.05) is 100 Å². The fourth-order valence-electron chi connectivity index (χ4n) is 13.6. The van der Waals surface area contributed by atoms with Crippen molar-refractivity contribution in [2.45, 2.75) is 128 Å². The highest BCUT2D eigenvalue weighted by Gasteiger charge is 2.54. The third-order valence-electron chi connectivity index (χ3n) is 21.1. The van der Waals surface area contributed by atoms with E-state index in [9.17, 15) is 29.7 Å². The number of nitriles is 2. The molecule has 4 fully saturated rings. The molecule has 19 nitrogen and oxygen atoms in total. The molecule has 31 heteroatoms. The standard InChI is InChI=1S/C26H19Cl2N5O.C25H18Cl2N4OS.C22H16Cl2IN3O.C20H14Cl2IN3OS/c1-17-23(25(34)31-26(16-29)12-13-26)32-33(22-11-10-20(27)15-21(22)28)24(17)19-8-6-18(7-9-19)5-3-4-14-30-2;1-16-23(21(32)15-25(29-3)11-12-25)30-31(20-9-7-17(26)14-19(20)27)24(16)22-10-8-18(33-22)6-4-5-13-28-2;1-13-20(19(29)11-22(12-26)8-9-22)27-28(18-7-4-15(23)10-17(18)24)21(13)14-2-5-16(25)6-3-14;1-11-18(15(27)10-20(24-2)7-8-20)25-26(14-4-3-12(21)9-13(14)22)19(11)16-5-6-17(23)28-16/h6-11,15H,4,12-14H2,1H3,(H,31,34);7-10,14H,5,11-13,15H2,1H3;2-7,10H,8-9,11H2,1H3;3-6,9H,7-8,10H2,1H3. The molecule has 4 aliphatic carbocycles. The van der Waals surface area contributed by atoms with Crippen molar-refractivity contribution >= 4 is 184 Å². The zero-order valence-electron chi connectivity index (χ0n) is 66.5. The smallest absolute Gasteiger partial charge is 0.273 e. The minimum Gasteiger partial charge on any atom is -0.332 e. The first-order valence-corrected chi connectivity index (χ1v) is 45.3. The molecule has 124 heavy (non-hydrogen) atoms. The van der Waals surface area contributed by atoms with Crippen LogP contribution in [0, 0.1) is 112 Å². The number of hydrogen-bond acceptors (Lipinski definition) is 12. The molecule has 4 saturated carbocycles. The number of amides is 1. The highest BCUT2D eigenvalue weighted by atomic mass is 127. The minimum atomic E-state index is -0.807. The molecule has 6 aromatic heterocycles. The lowest BCUT2D eigenvalue weighted by molar-refractivity contribution is 0.0931. The number of rotatable bonds is 21. The van der Waals surface area contributed by atoms with E-state index in [-0.39, 0.29) is 42.3 Å². The Morgan fingerprint density at radius 2 is 0.831 bits per heavy atom. The van der Waals surface area contributed by atoms with Gasteiger partial charge in [-0.1, -0.05) is 141 Å². The van der Waals surface area contributed by atoms with Crippen LogP contribution in [-0.2, 0) is 0 Å². The first-order valence-electron chi connectivity index (χ1n) is 38.5. The summed E-state index contributed by atoms with van der Waals surface area (Å²) in [5, 5.41) is 43.9. The summed E-state index contributed by atoms with van der Waals surface area (Å²) in [5.41, 5.74) is 10.1. The largest absolute Gasteiger partial charge is 0.332 e. The van der Waals surface area contributed by atoms with Crippen LogP contribution in [0.5, 0.6) is 0 Å². The van der Waals surface area contributed by atoms with Crippen LogP contribution < -0.4 is 5.32 Å². The number of carbonyl (C=O) groups excluding carboxylic acids is 4. The second-order valence-electron chi connectivity index (χ2n) is 30.1. The van der Waals surface area contributed by atoms with E-state index in [4.69, 9.17) is 119 Å². The number of thiophene rings is 2. The molecule has 0 saturated heterocycles. The van der Waals surface area contributed by atoms with E-state index >= 15 is 0 Å². The average molecular weight is 2060 g/mol. The molecule has 1 N–H and O–H groups in total. The van der Waals surface area contributed by atoms with E-state index in [0.29, 0.717) is 130 Å². The maximum Gasteiger partial charge on any atom is 0.273 e. The molecule has 0 unspecified atom stereocenters. The van der Waals surface area contributed by atoms with Crippen molar-refractivity contribution in [1.82, 2.24) is 44.4 Å². The summed E-state index contributed by atoms with van der Waals surface area (Å²) in [6.45, 7) is 36.7. The van der Waals surface area contributed by atoms with Crippen LogP contribution in [-0.4, -0.2) is 92.1 Å². The first-order chi connectivity index (χ1) is 59.4. The molecular weight excluding hydrogens is 1990 g/mol. The van der Waals surface area contributed by atoms with Crippen LogP contribution >= 0.6 is 161 Å². The SMILES string of the molecule is Cc1c(C(=O)CC2(C#N)CC2)nn(-c2ccc(Cl)cc2Cl)c1-c1ccc(I)cc1.[C-]#[N+]C1(CC(=O)c2nn(-c3ccc(Cl)cc3Cl)c(-c3ccc(I)s3)c2C)CC1.[C-]#[N+]CCC#Cc1ccc(-c2c(C)c(C(=O)CC3([N+]#[C-])CC3)nn2-c2ccc(Cl)cc2Cl)s1.[C-]#[N+]CCC#Cc1ccc(-c2c(C)c(C(=O)NC3(C#N)CC3)nn2-c2ccc(Cl)cc2Cl)cc1. The Bertz CT molecular complexity index is 6700. The van der Waals surface area contributed by atoms with E-state index in [1.165, 1.54) is 11.3 Å². The lowest BCUT2D eigenvalue weighted by Gasteiger charge is -2.11. The van der Waals surface area contributed by atoms with Gasteiger partial charge in [-0.05, 0) is 220 Å². The molecule has 6 aromatic carbocycles. The van der Waals surface area contributed by atoms with E-state index < -0.39 is 27.9 Å². The Labute approximate surface area is 792 Å². The van der Waals surface area contributed by atoms with Gasteiger partial charge in [0.15, 0.2) is 23.0 Å². The molecule has 6 heterocycles. The number of Topliss-reactive ketones (excluding diaryl/α,β-unsaturated/α-hetero) is 3. The molecule has 16 rings (SSSR count). The number of ketones is 3. The highest BCUT2D eigenvalue weighted by Crippen LogP contribution is 2.50. The maximum atomic E-state index is 13.1. The topological polar surface area (TPSA) is 217 Å². The van der Waals surface area contributed by atoms with Gasteiger partial charge in [0.25, 0.3) is 5.91 Å². The maximum absolute atomic E-state index is 13.1. The first kappa shape index (κ1) is 91.6. The van der Waals surface area contributed by atoms with Crippen LogP contribution in [0.4, 0.5) is 0 Å².